The van der Waals surface area contributed by atoms with Gasteiger partial charge in [-0.15, -0.1) is 0 Å². The van der Waals surface area contributed by atoms with Crippen molar-refractivity contribution in [2.45, 2.75) is 83.8 Å². The molecule has 6 N–H and O–H groups in total. The van der Waals surface area contributed by atoms with E-state index in [-0.39, 0.29) is 35.7 Å². The first-order valence-electron chi connectivity index (χ1n) is 23.0. The van der Waals surface area contributed by atoms with Crippen LogP contribution in [-0.2, 0) is 19.1 Å². The first-order chi connectivity index (χ1) is 32.7. The highest BCUT2D eigenvalue weighted by molar-refractivity contribution is 5.94. The number of ether oxygens (including phenoxy) is 3. The van der Waals surface area contributed by atoms with Gasteiger partial charge in [0.25, 0.3) is 0 Å². The van der Waals surface area contributed by atoms with E-state index in [1.807, 2.05) is 64.1 Å². The summed E-state index contributed by atoms with van der Waals surface area (Å²) in [5, 5.41) is 6.34. The number of likely N-dealkylation sites (tertiary alicyclic amines) is 2. The highest BCUT2D eigenvalue weighted by atomic mass is 16.5. The van der Waals surface area contributed by atoms with E-state index in [4.69, 9.17) is 29.9 Å². The van der Waals surface area contributed by atoms with E-state index in [2.05, 4.69) is 37.3 Å². The first-order valence-corrected chi connectivity index (χ1v) is 23.0. The normalized spacial score (nSPS) is 18.5. The molecule has 5 amide bonds. The monoisotopic (exact) mass is 924 g/mol. The molecule has 3 aliphatic rings. The van der Waals surface area contributed by atoms with Crippen molar-refractivity contribution in [1.82, 2.24) is 44.9 Å². The number of amides is 5. The van der Waals surface area contributed by atoms with E-state index >= 15 is 0 Å². The van der Waals surface area contributed by atoms with Crippen molar-refractivity contribution in [3.05, 3.63) is 102 Å². The molecule has 6 aromatic rings. The zero-order chi connectivity index (χ0) is 48.0. The number of carbonyl (C=O) groups is 5. The lowest BCUT2D eigenvalue weighted by molar-refractivity contribution is -0.136. The van der Waals surface area contributed by atoms with Crippen LogP contribution in [0.1, 0.15) is 99.3 Å². The van der Waals surface area contributed by atoms with E-state index in [0.717, 1.165) is 69.5 Å². The predicted octanol–water partition coefficient (Wildman–Crippen LogP) is 7.21. The smallest absolute Gasteiger partial charge is 0.407 e. The Hall–Kier alpha value is -7.63. The van der Waals surface area contributed by atoms with Crippen molar-refractivity contribution in [3.63, 3.8) is 0 Å². The van der Waals surface area contributed by atoms with Crippen LogP contribution in [0.5, 0.6) is 5.75 Å². The lowest BCUT2D eigenvalue weighted by atomic mass is 10.0. The highest BCUT2D eigenvalue weighted by Gasteiger charge is 2.39. The number of benzene rings is 3. The van der Waals surface area contributed by atoms with Crippen molar-refractivity contribution in [3.8, 4) is 39.5 Å². The van der Waals surface area contributed by atoms with Gasteiger partial charge in [0.1, 0.15) is 29.5 Å². The second kappa shape index (κ2) is 18.6. The summed E-state index contributed by atoms with van der Waals surface area (Å²) < 4.78 is 18.6. The molecule has 3 aromatic heterocycles. The van der Waals surface area contributed by atoms with Crippen molar-refractivity contribution in [2.24, 2.45) is 17.6 Å². The van der Waals surface area contributed by atoms with Crippen LogP contribution in [0.15, 0.2) is 79.1 Å². The minimum atomic E-state index is -0.748. The van der Waals surface area contributed by atoms with Gasteiger partial charge < -0.3 is 54.9 Å². The van der Waals surface area contributed by atoms with E-state index in [1.54, 1.807) is 40.4 Å². The number of nitrogens with two attached hydrogens (primary N) is 1. The minimum absolute atomic E-state index is 0.151. The summed E-state index contributed by atoms with van der Waals surface area (Å²) in [6, 6.07) is 19.3. The SMILES string of the molecule is COC(=O)N[C@H](C(=O)N1CCC[C@H]1c1ncc(-c2ccc3c(c2)OC(c2cccc(C(N)=O)c2)n2c-3cc3cc(-c4cnc([C@@H]5CCCN5C(=O)[C@@H](NC(=O)OC)C(C)C)[nH]4)ccc32)[nH]1)C(C)C. The standard InChI is InChI=1S/C50H56N10O8/c1-26(2)41(56-49(64)66-5)46(62)58-18-8-12-37(58)44-52-24-34(54-44)28-15-17-36-32(20-28)22-39-33-16-14-29(23-40(33)68-48(60(36)39)31-11-7-10-30(21-31)43(51)61)35-25-53-45(55-35)38-13-9-19-59(38)47(63)42(27(3)4)57-50(65)67-6/h7,10-11,14-17,20-27,37-38,41-42,48H,8-9,12-13,18-19H2,1-6H3,(H2,51,61)(H,52,54)(H,53,55)(H,56,64)(H,57,65)/t37-,38-,41-,42-,48?/m0/s1. The maximum atomic E-state index is 13.8. The maximum Gasteiger partial charge on any atom is 0.407 e. The first kappa shape index (κ1) is 45.5. The van der Waals surface area contributed by atoms with Crippen LogP contribution in [0, 0.1) is 11.8 Å². The fraction of sp³-hybridized carbons (Fsp3) is 0.380. The largest absolute Gasteiger partial charge is 0.465 e. The molecule has 6 heterocycles. The summed E-state index contributed by atoms with van der Waals surface area (Å²) in [6.45, 7) is 8.62. The molecular formula is C50H56N10O8. The third kappa shape index (κ3) is 8.50. The number of aromatic nitrogens is 5. The molecule has 2 fully saturated rings. The van der Waals surface area contributed by atoms with Crippen LogP contribution in [0.2, 0.25) is 0 Å². The Labute approximate surface area is 392 Å². The molecule has 18 nitrogen and oxygen atoms in total. The summed E-state index contributed by atoms with van der Waals surface area (Å²) in [4.78, 5) is 84.3. The third-order valence-electron chi connectivity index (χ3n) is 13.3. The number of hydrogen-bond acceptors (Lipinski definition) is 10. The van der Waals surface area contributed by atoms with Gasteiger partial charge in [0.15, 0.2) is 0 Å². The van der Waals surface area contributed by atoms with Crippen molar-refractivity contribution >= 4 is 40.8 Å². The number of hydrogen-bond donors (Lipinski definition) is 5. The summed E-state index contributed by atoms with van der Waals surface area (Å²) in [5.74, 6) is 0.707. The molecule has 0 saturated carbocycles. The maximum absolute atomic E-state index is 13.8. The van der Waals surface area contributed by atoms with Gasteiger partial charge >= 0.3 is 12.2 Å². The Bertz CT molecular complexity index is 2920. The number of methoxy groups -OCH3 is 2. The van der Waals surface area contributed by atoms with Gasteiger partial charge in [0.2, 0.25) is 23.9 Å². The van der Waals surface area contributed by atoms with Crippen LogP contribution in [0.4, 0.5) is 9.59 Å². The summed E-state index contributed by atoms with van der Waals surface area (Å²) in [5.41, 5.74) is 12.7. The van der Waals surface area contributed by atoms with E-state index in [9.17, 15) is 24.0 Å². The van der Waals surface area contributed by atoms with Crippen LogP contribution in [0.25, 0.3) is 44.7 Å². The van der Waals surface area contributed by atoms with Crippen molar-refractivity contribution in [1.29, 1.82) is 0 Å². The molecule has 2 saturated heterocycles. The number of fused-ring (bicyclic) bond motifs is 5. The van der Waals surface area contributed by atoms with Gasteiger partial charge in [0.05, 0.1) is 61.3 Å². The molecule has 0 aliphatic carbocycles. The van der Waals surface area contributed by atoms with Crippen LogP contribution in [0.3, 0.4) is 0 Å². The number of nitrogens with zero attached hydrogens (tertiary/aromatic N) is 5. The average molecular weight is 925 g/mol. The quantitative estimate of drug-likeness (QED) is 0.0827. The molecule has 3 aliphatic heterocycles. The third-order valence-corrected chi connectivity index (χ3v) is 13.3. The topological polar surface area (TPSA) is 232 Å². The van der Waals surface area contributed by atoms with Crippen LogP contribution >= 0.6 is 0 Å². The van der Waals surface area contributed by atoms with Gasteiger partial charge in [0, 0.05) is 46.3 Å². The number of aromatic amines is 2. The molecule has 5 atom stereocenters. The van der Waals surface area contributed by atoms with Gasteiger partial charge in [-0.1, -0.05) is 52.0 Å². The predicted molar refractivity (Wildman–Crippen MR) is 252 cm³/mol. The van der Waals surface area contributed by atoms with E-state index < -0.39 is 36.4 Å². The number of H-pyrrole nitrogens is 2. The number of rotatable bonds is 12. The molecule has 68 heavy (non-hydrogen) atoms. The summed E-state index contributed by atoms with van der Waals surface area (Å²) in [7, 11) is 2.55. The lowest BCUT2D eigenvalue weighted by Gasteiger charge is -2.31. The summed E-state index contributed by atoms with van der Waals surface area (Å²) >= 11 is 0. The van der Waals surface area contributed by atoms with Gasteiger partial charge in [-0.05, 0) is 80.0 Å². The lowest BCUT2D eigenvalue weighted by Crippen LogP contribution is -2.51. The minimum Gasteiger partial charge on any atom is -0.465 e. The molecule has 18 heteroatoms. The van der Waals surface area contributed by atoms with E-state index in [0.29, 0.717) is 42.5 Å². The Morgan fingerprint density at radius 3 is 1.84 bits per heavy atom. The Kier molecular flexibility index (Phi) is 12.4. The number of nitrogens with one attached hydrogen (secondary N) is 4. The summed E-state index contributed by atoms with van der Waals surface area (Å²) in [6.07, 6.45) is 4.59. The van der Waals surface area contributed by atoms with Crippen LogP contribution < -0.4 is 21.1 Å². The average Bonchev–Trinajstić information content (AvgIpc) is 4.20. The molecule has 9 rings (SSSR count). The number of alkyl carbamates (subject to hydrolysis) is 2. The van der Waals surface area contributed by atoms with Crippen molar-refractivity contribution in [2.75, 3.05) is 27.3 Å². The molecule has 0 spiro atoms. The molecule has 0 bridgehead atoms. The zero-order valence-electron chi connectivity index (χ0n) is 38.9. The number of carbonyl (C=O) groups excluding carboxylic acids is 5. The van der Waals surface area contributed by atoms with Gasteiger partial charge in [-0.25, -0.2) is 19.6 Å². The Morgan fingerprint density at radius 1 is 0.735 bits per heavy atom. The highest BCUT2D eigenvalue weighted by Crippen LogP contribution is 2.46. The molecular weight excluding hydrogens is 869 g/mol. The van der Waals surface area contributed by atoms with Gasteiger partial charge in [-0.3, -0.25) is 14.4 Å². The Balaban J connectivity index is 1.03. The molecule has 0 radical (unpaired) electrons. The second-order valence-corrected chi connectivity index (χ2v) is 18.3. The van der Waals surface area contributed by atoms with Crippen molar-refractivity contribution < 1.29 is 38.2 Å². The molecule has 354 valence electrons. The Morgan fingerprint density at radius 2 is 1.29 bits per heavy atom. The molecule has 1 unspecified atom stereocenters. The van der Waals surface area contributed by atoms with Crippen LogP contribution in [-0.4, -0.2) is 104 Å². The van der Waals surface area contributed by atoms with E-state index in [1.165, 1.54) is 14.2 Å². The molecule has 3 aromatic carbocycles. The second-order valence-electron chi connectivity index (χ2n) is 18.3. The fourth-order valence-electron chi connectivity index (χ4n) is 9.79. The fourth-order valence-corrected chi connectivity index (χ4v) is 9.79. The number of imidazole rings is 2. The zero-order valence-corrected chi connectivity index (χ0v) is 38.9. The van der Waals surface area contributed by atoms with Gasteiger partial charge in [-0.2, -0.15) is 0 Å². The number of primary amides is 1.